The second-order valence-electron chi connectivity index (χ2n) is 3.80. The molecule has 0 spiro atoms. The Bertz CT molecular complexity index is 294. The standard InChI is InChI=1S/C9H17N5S/c10-14-7-12-13-9(14)15-6-4-8-3-1-2-5-11-8/h7-8,11H,1-6,10H2. The molecule has 1 fully saturated rings. The summed E-state index contributed by atoms with van der Waals surface area (Å²) in [6.45, 7) is 1.17. The highest BCUT2D eigenvalue weighted by molar-refractivity contribution is 7.99. The van der Waals surface area contributed by atoms with E-state index in [1.807, 2.05) is 0 Å². The molecule has 6 heteroatoms. The number of piperidine rings is 1. The molecule has 1 aromatic heterocycles. The summed E-state index contributed by atoms with van der Waals surface area (Å²) in [6, 6.07) is 0.681. The van der Waals surface area contributed by atoms with Crippen molar-refractivity contribution in [2.45, 2.75) is 36.9 Å². The highest BCUT2D eigenvalue weighted by Gasteiger charge is 2.12. The van der Waals surface area contributed by atoms with Crippen molar-refractivity contribution in [2.75, 3.05) is 18.1 Å². The van der Waals surface area contributed by atoms with Crippen molar-refractivity contribution in [1.29, 1.82) is 0 Å². The van der Waals surface area contributed by atoms with Crippen LogP contribution in [0.5, 0.6) is 0 Å². The van der Waals surface area contributed by atoms with Gasteiger partial charge in [0.2, 0.25) is 5.16 Å². The molecule has 5 nitrogen and oxygen atoms in total. The number of aromatic nitrogens is 3. The van der Waals surface area contributed by atoms with Crippen LogP contribution in [0.15, 0.2) is 11.5 Å². The van der Waals surface area contributed by atoms with E-state index in [9.17, 15) is 0 Å². The molecule has 1 aromatic rings. The molecular formula is C9H17N5S. The Labute approximate surface area is 93.8 Å². The van der Waals surface area contributed by atoms with Crippen LogP contribution < -0.4 is 11.2 Å². The van der Waals surface area contributed by atoms with Crippen LogP contribution in [0.3, 0.4) is 0 Å². The maximum absolute atomic E-state index is 5.61. The van der Waals surface area contributed by atoms with Gasteiger partial charge in [0.1, 0.15) is 6.33 Å². The van der Waals surface area contributed by atoms with Crippen LogP contribution in [0.4, 0.5) is 0 Å². The van der Waals surface area contributed by atoms with Crippen molar-refractivity contribution >= 4 is 11.8 Å². The average molecular weight is 227 g/mol. The van der Waals surface area contributed by atoms with E-state index in [2.05, 4.69) is 15.5 Å². The van der Waals surface area contributed by atoms with E-state index in [4.69, 9.17) is 5.84 Å². The fourth-order valence-electron chi connectivity index (χ4n) is 1.80. The largest absolute Gasteiger partial charge is 0.336 e. The molecule has 0 aromatic carbocycles. The summed E-state index contributed by atoms with van der Waals surface area (Å²) in [7, 11) is 0. The first-order chi connectivity index (χ1) is 7.36. The zero-order valence-electron chi connectivity index (χ0n) is 8.72. The molecule has 84 valence electrons. The van der Waals surface area contributed by atoms with Gasteiger partial charge in [0.25, 0.3) is 0 Å². The molecule has 0 bridgehead atoms. The lowest BCUT2D eigenvalue weighted by atomic mass is 10.0. The van der Waals surface area contributed by atoms with Gasteiger partial charge in [-0.3, -0.25) is 0 Å². The van der Waals surface area contributed by atoms with Crippen LogP contribution in [0.2, 0.25) is 0 Å². The monoisotopic (exact) mass is 227 g/mol. The number of rotatable bonds is 4. The number of nitrogens with one attached hydrogen (secondary N) is 1. The van der Waals surface area contributed by atoms with Gasteiger partial charge in [0, 0.05) is 11.8 Å². The molecule has 1 saturated heterocycles. The molecular weight excluding hydrogens is 210 g/mol. The number of hydrogen-bond acceptors (Lipinski definition) is 5. The van der Waals surface area contributed by atoms with Crippen LogP contribution in [0.1, 0.15) is 25.7 Å². The minimum Gasteiger partial charge on any atom is -0.336 e. The maximum atomic E-state index is 5.61. The molecule has 1 aliphatic heterocycles. The van der Waals surface area contributed by atoms with Gasteiger partial charge in [0.05, 0.1) is 0 Å². The molecule has 0 amide bonds. The van der Waals surface area contributed by atoms with E-state index in [1.54, 1.807) is 11.8 Å². The zero-order valence-corrected chi connectivity index (χ0v) is 9.54. The molecule has 2 heterocycles. The topological polar surface area (TPSA) is 68.8 Å². The number of thioether (sulfide) groups is 1. The van der Waals surface area contributed by atoms with Crippen molar-refractivity contribution in [1.82, 2.24) is 20.2 Å². The van der Waals surface area contributed by atoms with Gasteiger partial charge < -0.3 is 11.2 Å². The Morgan fingerprint density at radius 3 is 3.20 bits per heavy atom. The van der Waals surface area contributed by atoms with Gasteiger partial charge in [-0.15, -0.1) is 10.2 Å². The molecule has 15 heavy (non-hydrogen) atoms. The summed E-state index contributed by atoms with van der Waals surface area (Å²) in [4.78, 5) is 0. The third-order valence-electron chi connectivity index (χ3n) is 2.65. The lowest BCUT2D eigenvalue weighted by Crippen LogP contribution is -2.34. The number of nitrogens with zero attached hydrogens (tertiary/aromatic N) is 3. The van der Waals surface area contributed by atoms with E-state index in [-0.39, 0.29) is 0 Å². The number of hydrogen-bond donors (Lipinski definition) is 2. The first-order valence-electron chi connectivity index (χ1n) is 5.37. The van der Waals surface area contributed by atoms with Crippen LogP contribution in [-0.2, 0) is 0 Å². The fourth-order valence-corrected chi connectivity index (χ4v) is 2.68. The molecule has 1 unspecified atom stereocenters. The van der Waals surface area contributed by atoms with E-state index in [0.717, 1.165) is 10.9 Å². The van der Waals surface area contributed by atoms with Crippen molar-refractivity contribution in [3.05, 3.63) is 6.33 Å². The summed E-state index contributed by atoms with van der Waals surface area (Å²) >= 11 is 1.67. The minimum atomic E-state index is 0.681. The van der Waals surface area contributed by atoms with Crippen LogP contribution in [-0.4, -0.2) is 33.2 Å². The van der Waals surface area contributed by atoms with Gasteiger partial charge in [-0.1, -0.05) is 18.2 Å². The van der Waals surface area contributed by atoms with E-state index >= 15 is 0 Å². The Balaban J connectivity index is 1.68. The number of nitrogens with two attached hydrogens (primary N) is 1. The molecule has 0 aliphatic carbocycles. The summed E-state index contributed by atoms with van der Waals surface area (Å²) in [5.74, 6) is 6.66. The van der Waals surface area contributed by atoms with Gasteiger partial charge in [-0.05, 0) is 25.8 Å². The SMILES string of the molecule is Nn1cnnc1SCCC1CCCCN1. The molecule has 3 N–H and O–H groups in total. The normalized spacial score (nSPS) is 21.7. The summed E-state index contributed by atoms with van der Waals surface area (Å²) in [5.41, 5.74) is 0. The average Bonchev–Trinajstić information content (AvgIpc) is 2.66. The highest BCUT2D eigenvalue weighted by atomic mass is 32.2. The first kappa shape index (κ1) is 10.8. The predicted octanol–water partition coefficient (Wildman–Crippen LogP) is 0.616. The van der Waals surface area contributed by atoms with Crippen LogP contribution in [0.25, 0.3) is 0 Å². The lowest BCUT2D eigenvalue weighted by Gasteiger charge is -2.22. The molecule has 1 atom stereocenters. The Kier molecular flexibility index (Phi) is 3.85. The lowest BCUT2D eigenvalue weighted by molar-refractivity contribution is 0.394. The van der Waals surface area contributed by atoms with Gasteiger partial charge in [0.15, 0.2) is 0 Å². The highest BCUT2D eigenvalue weighted by Crippen LogP contribution is 2.17. The van der Waals surface area contributed by atoms with Crippen LogP contribution >= 0.6 is 11.8 Å². The number of nitrogen functional groups attached to an aromatic ring is 1. The van der Waals surface area contributed by atoms with Gasteiger partial charge >= 0.3 is 0 Å². The maximum Gasteiger partial charge on any atom is 0.209 e. The molecule has 0 saturated carbocycles. The van der Waals surface area contributed by atoms with Crippen molar-refractivity contribution < 1.29 is 0 Å². The van der Waals surface area contributed by atoms with Crippen molar-refractivity contribution in [3.63, 3.8) is 0 Å². The van der Waals surface area contributed by atoms with E-state index in [1.165, 1.54) is 43.2 Å². The van der Waals surface area contributed by atoms with E-state index in [0.29, 0.717) is 6.04 Å². The smallest absolute Gasteiger partial charge is 0.209 e. The van der Waals surface area contributed by atoms with Crippen molar-refractivity contribution in [3.8, 4) is 0 Å². The second-order valence-corrected chi connectivity index (χ2v) is 4.87. The summed E-state index contributed by atoms with van der Waals surface area (Å²) < 4.78 is 1.47. The van der Waals surface area contributed by atoms with Crippen molar-refractivity contribution in [2.24, 2.45) is 0 Å². The predicted molar refractivity (Wildman–Crippen MR) is 61.2 cm³/mol. The Morgan fingerprint density at radius 1 is 1.60 bits per heavy atom. The third kappa shape index (κ3) is 3.10. The second kappa shape index (κ2) is 5.37. The van der Waals surface area contributed by atoms with Gasteiger partial charge in [-0.25, -0.2) is 4.68 Å². The van der Waals surface area contributed by atoms with Crippen LogP contribution in [0, 0.1) is 0 Å². The molecule has 0 radical (unpaired) electrons. The quantitative estimate of drug-likeness (QED) is 0.583. The Morgan fingerprint density at radius 2 is 2.53 bits per heavy atom. The fraction of sp³-hybridized carbons (Fsp3) is 0.778. The molecule has 2 rings (SSSR count). The zero-order chi connectivity index (χ0) is 10.5. The van der Waals surface area contributed by atoms with Gasteiger partial charge in [-0.2, -0.15) is 0 Å². The third-order valence-corrected chi connectivity index (χ3v) is 3.64. The first-order valence-corrected chi connectivity index (χ1v) is 6.36. The summed E-state index contributed by atoms with van der Waals surface area (Å²) in [6.07, 6.45) is 6.69. The minimum absolute atomic E-state index is 0.681. The Hall–Kier alpha value is -0.750. The summed E-state index contributed by atoms with van der Waals surface area (Å²) in [5, 5.41) is 12.0. The molecule has 1 aliphatic rings. The van der Waals surface area contributed by atoms with E-state index < -0.39 is 0 Å².